The molecule has 0 unspecified atom stereocenters. The van der Waals surface area contributed by atoms with Crippen LogP contribution in [0.3, 0.4) is 0 Å². The molecule has 0 saturated carbocycles. The summed E-state index contributed by atoms with van der Waals surface area (Å²) in [5.41, 5.74) is 1.07. The summed E-state index contributed by atoms with van der Waals surface area (Å²) in [5, 5.41) is 8.87. The molecule has 0 fully saturated rings. The molecule has 1 N–H and O–H groups in total. The van der Waals surface area contributed by atoms with E-state index in [1.165, 1.54) is 13.3 Å². The van der Waals surface area contributed by atoms with E-state index in [1.807, 2.05) is 49.4 Å². The maximum Gasteiger partial charge on any atom is 0.333 e. The molecule has 3 rings (SSSR count). The SMILES string of the molecule is CCn1cc(C(=O)N[C@@H](C(=O)OC)c2ccc3ccccc3c2)cn1. The Hall–Kier alpha value is -3.15. The summed E-state index contributed by atoms with van der Waals surface area (Å²) in [5.74, 6) is -0.894. The van der Waals surface area contributed by atoms with E-state index in [1.54, 1.807) is 10.9 Å². The number of aromatic nitrogens is 2. The third-order valence-corrected chi connectivity index (χ3v) is 4.04. The van der Waals surface area contributed by atoms with Gasteiger partial charge in [0.15, 0.2) is 6.04 Å². The second kappa shape index (κ2) is 7.17. The molecule has 128 valence electrons. The summed E-state index contributed by atoms with van der Waals surface area (Å²) in [7, 11) is 1.30. The van der Waals surface area contributed by atoms with E-state index < -0.39 is 12.0 Å². The Balaban J connectivity index is 1.90. The Morgan fingerprint density at radius 3 is 2.64 bits per heavy atom. The van der Waals surface area contributed by atoms with Crippen LogP contribution in [0.4, 0.5) is 0 Å². The van der Waals surface area contributed by atoms with Crippen LogP contribution in [0.5, 0.6) is 0 Å². The van der Waals surface area contributed by atoms with E-state index in [4.69, 9.17) is 4.74 Å². The van der Waals surface area contributed by atoms with Gasteiger partial charge in [-0.25, -0.2) is 4.79 Å². The van der Waals surface area contributed by atoms with E-state index in [0.29, 0.717) is 17.7 Å². The van der Waals surface area contributed by atoms with Crippen molar-refractivity contribution < 1.29 is 14.3 Å². The number of ether oxygens (including phenoxy) is 1. The topological polar surface area (TPSA) is 73.2 Å². The van der Waals surface area contributed by atoms with Crippen LogP contribution >= 0.6 is 0 Å². The fourth-order valence-electron chi connectivity index (χ4n) is 2.65. The summed E-state index contributed by atoms with van der Waals surface area (Å²) < 4.78 is 6.52. The van der Waals surface area contributed by atoms with Crippen molar-refractivity contribution in [3.63, 3.8) is 0 Å². The van der Waals surface area contributed by atoms with Crippen molar-refractivity contribution in [1.82, 2.24) is 15.1 Å². The van der Waals surface area contributed by atoms with Crippen molar-refractivity contribution in [2.45, 2.75) is 19.5 Å². The lowest BCUT2D eigenvalue weighted by molar-refractivity contribution is -0.143. The third-order valence-electron chi connectivity index (χ3n) is 4.04. The monoisotopic (exact) mass is 337 g/mol. The molecular formula is C19H19N3O3. The van der Waals surface area contributed by atoms with Gasteiger partial charge >= 0.3 is 5.97 Å². The van der Waals surface area contributed by atoms with Crippen LogP contribution in [0.2, 0.25) is 0 Å². The lowest BCUT2D eigenvalue weighted by Gasteiger charge is -2.17. The van der Waals surface area contributed by atoms with Crippen molar-refractivity contribution in [1.29, 1.82) is 0 Å². The Morgan fingerprint density at radius 1 is 1.20 bits per heavy atom. The van der Waals surface area contributed by atoms with Crippen LogP contribution in [-0.4, -0.2) is 28.8 Å². The standard InChI is InChI=1S/C19H19N3O3/c1-3-22-12-16(11-20-22)18(23)21-17(19(24)25-2)15-9-8-13-6-4-5-7-14(13)10-15/h4-12,17H,3H2,1-2H3,(H,21,23)/t17-/m1/s1. The maximum atomic E-state index is 12.5. The Labute approximate surface area is 145 Å². The summed E-state index contributed by atoms with van der Waals surface area (Å²) in [6.45, 7) is 2.60. The van der Waals surface area contributed by atoms with Crippen molar-refractivity contribution in [2.24, 2.45) is 0 Å². The Bertz CT molecular complexity index is 917. The average molecular weight is 337 g/mol. The van der Waals surface area contributed by atoms with Gasteiger partial charge in [0.2, 0.25) is 0 Å². The fraction of sp³-hybridized carbons (Fsp3) is 0.211. The number of esters is 1. The number of aryl methyl sites for hydroxylation is 1. The smallest absolute Gasteiger partial charge is 0.333 e. The first kappa shape index (κ1) is 16.7. The molecule has 2 aromatic carbocycles. The Kier molecular flexibility index (Phi) is 4.79. The molecular weight excluding hydrogens is 318 g/mol. The zero-order chi connectivity index (χ0) is 17.8. The molecule has 0 aliphatic rings. The molecule has 6 heteroatoms. The first-order valence-electron chi connectivity index (χ1n) is 8.02. The number of fused-ring (bicyclic) bond motifs is 1. The summed E-state index contributed by atoms with van der Waals surface area (Å²) in [6.07, 6.45) is 3.12. The molecule has 25 heavy (non-hydrogen) atoms. The van der Waals surface area contributed by atoms with Crippen LogP contribution in [0.25, 0.3) is 10.8 Å². The van der Waals surface area contributed by atoms with Crippen molar-refractivity contribution in [2.75, 3.05) is 7.11 Å². The number of amides is 1. The highest BCUT2D eigenvalue weighted by Crippen LogP contribution is 2.22. The van der Waals surface area contributed by atoms with Gasteiger partial charge in [0.1, 0.15) is 0 Å². The number of rotatable bonds is 5. The molecule has 1 heterocycles. The van der Waals surface area contributed by atoms with Gasteiger partial charge in [-0.2, -0.15) is 5.10 Å². The second-order valence-corrected chi connectivity index (χ2v) is 5.62. The van der Waals surface area contributed by atoms with Gasteiger partial charge in [-0.1, -0.05) is 36.4 Å². The van der Waals surface area contributed by atoms with Gasteiger partial charge in [0.05, 0.1) is 18.9 Å². The molecule has 0 radical (unpaired) electrons. The first-order chi connectivity index (χ1) is 12.1. The number of hydrogen-bond donors (Lipinski definition) is 1. The largest absolute Gasteiger partial charge is 0.467 e. The predicted molar refractivity (Wildman–Crippen MR) is 94.1 cm³/mol. The Morgan fingerprint density at radius 2 is 1.96 bits per heavy atom. The molecule has 1 amide bonds. The minimum absolute atomic E-state index is 0.372. The van der Waals surface area contributed by atoms with Crippen LogP contribution < -0.4 is 5.32 Å². The zero-order valence-corrected chi connectivity index (χ0v) is 14.1. The first-order valence-corrected chi connectivity index (χ1v) is 8.02. The van der Waals surface area contributed by atoms with E-state index in [0.717, 1.165) is 10.8 Å². The maximum absolute atomic E-state index is 12.5. The number of carbonyl (C=O) groups excluding carboxylic acids is 2. The molecule has 0 saturated heterocycles. The molecule has 0 aliphatic heterocycles. The van der Waals surface area contributed by atoms with Crippen LogP contribution in [0, 0.1) is 0 Å². The quantitative estimate of drug-likeness (QED) is 0.727. The van der Waals surface area contributed by atoms with Gasteiger partial charge in [-0.05, 0) is 29.3 Å². The molecule has 0 aliphatic carbocycles. The van der Waals surface area contributed by atoms with Gasteiger partial charge in [-0.3, -0.25) is 9.48 Å². The highest BCUT2D eigenvalue weighted by Gasteiger charge is 2.25. The van der Waals surface area contributed by atoms with Crippen LogP contribution in [0.15, 0.2) is 54.9 Å². The minimum atomic E-state index is -0.882. The predicted octanol–water partition coefficient (Wildman–Crippen LogP) is 2.70. The van der Waals surface area contributed by atoms with Crippen LogP contribution in [0.1, 0.15) is 28.9 Å². The molecule has 0 bridgehead atoms. The van der Waals surface area contributed by atoms with Gasteiger partial charge in [0, 0.05) is 12.7 Å². The number of carbonyl (C=O) groups is 2. The molecule has 3 aromatic rings. The highest BCUT2D eigenvalue weighted by molar-refractivity contribution is 5.97. The number of nitrogens with zero attached hydrogens (tertiary/aromatic N) is 2. The van der Waals surface area contributed by atoms with E-state index >= 15 is 0 Å². The normalized spacial score (nSPS) is 11.9. The molecule has 1 aromatic heterocycles. The number of methoxy groups -OCH3 is 1. The number of nitrogens with one attached hydrogen (secondary N) is 1. The number of benzene rings is 2. The van der Waals surface area contributed by atoms with Crippen LogP contribution in [-0.2, 0) is 16.1 Å². The molecule has 0 spiro atoms. The van der Waals surface area contributed by atoms with Crippen molar-refractivity contribution in [3.8, 4) is 0 Å². The lowest BCUT2D eigenvalue weighted by atomic mass is 10.0. The summed E-state index contributed by atoms with van der Waals surface area (Å²) >= 11 is 0. The zero-order valence-electron chi connectivity index (χ0n) is 14.1. The van der Waals surface area contributed by atoms with Gasteiger partial charge in [0.25, 0.3) is 5.91 Å². The summed E-state index contributed by atoms with van der Waals surface area (Å²) in [6, 6.07) is 12.6. The van der Waals surface area contributed by atoms with E-state index in [2.05, 4.69) is 10.4 Å². The number of hydrogen-bond acceptors (Lipinski definition) is 4. The molecule has 6 nitrogen and oxygen atoms in total. The lowest BCUT2D eigenvalue weighted by Crippen LogP contribution is -2.34. The second-order valence-electron chi connectivity index (χ2n) is 5.62. The van der Waals surface area contributed by atoms with E-state index in [-0.39, 0.29) is 5.91 Å². The van der Waals surface area contributed by atoms with Gasteiger partial charge < -0.3 is 10.1 Å². The van der Waals surface area contributed by atoms with Gasteiger partial charge in [-0.15, -0.1) is 0 Å². The molecule has 1 atom stereocenters. The third kappa shape index (κ3) is 3.52. The van der Waals surface area contributed by atoms with E-state index in [9.17, 15) is 9.59 Å². The van der Waals surface area contributed by atoms with Crippen molar-refractivity contribution in [3.05, 3.63) is 66.0 Å². The fourth-order valence-corrected chi connectivity index (χ4v) is 2.65. The summed E-state index contributed by atoms with van der Waals surface area (Å²) in [4.78, 5) is 24.7. The minimum Gasteiger partial charge on any atom is -0.467 e. The average Bonchev–Trinajstić information content (AvgIpc) is 3.14. The highest BCUT2D eigenvalue weighted by atomic mass is 16.5. The van der Waals surface area contributed by atoms with Crippen molar-refractivity contribution >= 4 is 22.6 Å².